The van der Waals surface area contributed by atoms with Crippen molar-refractivity contribution < 1.29 is 42.1 Å². The molecule has 11 nitrogen and oxygen atoms in total. The SMILES string of the molecule is COc1cc(C2CCC(c3cc(OC)c(OC)c(OC)c3)S2)cc(NC(=O)N(O)Cc2ccccc2)c1OC(C)S(=O)(=O)c1ccc(Br)cc1. The van der Waals surface area contributed by atoms with Gasteiger partial charge >= 0.3 is 6.03 Å². The van der Waals surface area contributed by atoms with E-state index in [0.29, 0.717) is 27.9 Å². The molecular formula is C36H39BrN2O9S2. The van der Waals surface area contributed by atoms with Gasteiger partial charge in [-0.1, -0.05) is 46.3 Å². The lowest BCUT2D eigenvalue weighted by molar-refractivity contribution is -0.0449. The summed E-state index contributed by atoms with van der Waals surface area (Å²) in [5.74, 6) is 1.88. The standard InChI is InChI=1S/C36H39BrN2O9S2/c1-22(50(42,43)27-13-11-26(37)12-14-27)48-34-28(38-36(40)39(41)21-23-9-7-6-8-10-23)17-24(18-29(34)44-2)32-15-16-33(49-32)25-19-30(45-3)35(47-5)31(20-25)46-4/h6-14,17-20,22,32-33,41H,15-16,21H2,1-5H3,(H,38,40). The first-order valence-electron chi connectivity index (χ1n) is 15.6. The third-order valence-corrected chi connectivity index (χ3v) is 12.4. The molecule has 4 aromatic rings. The van der Waals surface area contributed by atoms with Gasteiger partial charge in [0.1, 0.15) is 0 Å². The molecule has 0 spiro atoms. The van der Waals surface area contributed by atoms with Crippen LogP contribution in [0.2, 0.25) is 0 Å². The number of carbonyl (C=O) groups is 1. The van der Waals surface area contributed by atoms with E-state index in [0.717, 1.165) is 28.4 Å². The van der Waals surface area contributed by atoms with E-state index >= 15 is 0 Å². The Bertz CT molecular complexity index is 1890. The molecule has 0 saturated carbocycles. The Balaban J connectivity index is 1.48. The van der Waals surface area contributed by atoms with Crippen molar-refractivity contribution >= 4 is 49.2 Å². The molecule has 2 amide bonds. The van der Waals surface area contributed by atoms with Gasteiger partial charge in [0.2, 0.25) is 21.0 Å². The molecule has 0 radical (unpaired) electrons. The Labute approximate surface area is 304 Å². The van der Waals surface area contributed by atoms with E-state index in [1.807, 2.05) is 18.2 Å². The molecule has 50 heavy (non-hydrogen) atoms. The second kappa shape index (κ2) is 16.3. The van der Waals surface area contributed by atoms with Crippen LogP contribution in [-0.4, -0.2) is 58.6 Å². The zero-order valence-electron chi connectivity index (χ0n) is 28.2. The minimum absolute atomic E-state index is 0.00933. The maximum Gasteiger partial charge on any atom is 0.345 e. The summed E-state index contributed by atoms with van der Waals surface area (Å²) in [4.78, 5) is 13.4. The second-order valence-corrected chi connectivity index (χ2v) is 16.0. The fourth-order valence-electron chi connectivity index (χ4n) is 5.64. The normalized spacial score (nSPS) is 16.3. The van der Waals surface area contributed by atoms with Gasteiger partial charge < -0.3 is 29.0 Å². The quantitative estimate of drug-likeness (QED) is 0.101. The highest BCUT2D eigenvalue weighted by molar-refractivity contribution is 9.10. The van der Waals surface area contributed by atoms with Crippen LogP contribution >= 0.6 is 27.7 Å². The fourth-order valence-corrected chi connectivity index (χ4v) is 8.56. The summed E-state index contributed by atoms with van der Waals surface area (Å²) in [6.07, 6.45) is 1.62. The number of ether oxygens (including phenoxy) is 5. The number of thioether (sulfide) groups is 1. The number of sulfone groups is 1. The summed E-state index contributed by atoms with van der Waals surface area (Å²) in [5.41, 5.74) is 1.32. The number of anilines is 1. The number of rotatable bonds is 13. The van der Waals surface area contributed by atoms with Crippen LogP contribution in [0.3, 0.4) is 0 Å². The lowest BCUT2D eigenvalue weighted by atomic mass is 10.0. The van der Waals surface area contributed by atoms with E-state index in [2.05, 4.69) is 21.2 Å². The van der Waals surface area contributed by atoms with Crippen LogP contribution in [0.5, 0.6) is 28.7 Å². The average Bonchev–Trinajstić information content (AvgIpc) is 3.62. The van der Waals surface area contributed by atoms with E-state index in [1.54, 1.807) is 81.6 Å². The molecule has 266 valence electrons. The van der Waals surface area contributed by atoms with Gasteiger partial charge in [-0.25, -0.2) is 18.3 Å². The van der Waals surface area contributed by atoms with Gasteiger partial charge in [-0.3, -0.25) is 5.21 Å². The van der Waals surface area contributed by atoms with Crippen LogP contribution < -0.4 is 29.0 Å². The number of halogens is 1. The first-order valence-corrected chi connectivity index (χ1v) is 18.9. The summed E-state index contributed by atoms with van der Waals surface area (Å²) in [5, 5.41) is 14.0. The predicted octanol–water partition coefficient (Wildman–Crippen LogP) is 8.41. The Morgan fingerprint density at radius 1 is 0.860 bits per heavy atom. The lowest BCUT2D eigenvalue weighted by Gasteiger charge is -2.24. The molecule has 1 heterocycles. The largest absolute Gasteiger partial charge is 0.493 e. The monoisotopic (exact) mass is 786 g/mol. The molecule has 2 N–H and O–H groups in total. The van der Waals surface area contributed by atoms with Crippen LogP contribution in [0.15, 0.2) is 88.2 Å². The van der Waals surface area contributed by atoms with Gasteiger partial charge in [0.05, 0.1) is 45.6 Å². The number of hydroxylamine groups is 2. The Morgan fingerprint density at radius 3 is 1.94 bits per heavy atom. The zero-order chi connectivity index (χ0) is 36.0. The number of methoxy groups -OCH3 is 4. The summed E-state index contributed by atoms with van der Waals surface area (Å²) >= 11 is 5.06. The number of amides is 2. The Morgan fingerprint density at radius 2 is 1.40 bits per heavy atom. The molecule has 14 heteroatoms. The van der Waals surface area contributed by atoms with Gasteiger partial charge in [-0.15, -0.1) is 11.8 Å². The minimum Gasteiger partial charge on any atom is -0.493 e. The molecule has 1 aliphatic rings. The van der Waals surface area contributed by atoms with Crippen molar-refractivity contribution in [2.45, 2.75) is 47.1 Å². The summed E-state index contributed by atoms with van der Waals surface area (Å²) < 4.78 is 56.3. The van der Waals surface area contributed by atoms with Crippen LogP contribution in [0.25, 0.3) is 0 Å². The number of hydrogen-bond donors (Lipinski definition) is 2. The molecule has 1 aliphatic heterocycles. The minimum atomic E-state index is -3.97. The van der Waals surface area contributed by atoms with Gasteiger partial charge in [0, 0.05) is 15.0 Å². The van der Waals surface area contributed by atoms with Crippen LogP contribution in [0.4, 0.5) is 10.5 Å². The van der Waals surface area contributed by atoms with Gasteiger partial charge in [-0.2, -0.15) is 0 Å². The highest BCUT2D eigenvalue weighted by Gasteiger charge is 2.33. The van der Waals surface area contributed by atoms with Crippen LogP contribution in [0, 0.1) is 0 Å². The van der Waals surface area contributed by atoms with Crippen molar-refractivity contribution in [1.29, 1.82) is 0 Å². The van der Waals surface area contributed by atoms with Crippen LogP contribution in [0.1, 0.15) is 47.0 Å². The number of nitrogens with one attached hydrogen (secondary N) is 1. The van der Waals surface area contributed by atoms with Crippen molar-refractivity contribution in [2.75, 3.05) is 33.8 Å². The molecule has 3 unspecified atom stereocenters. The number of hydrogen-bond acceptors (Lipinski definition) is 10. The smallest absolute Gasteiger partial charge is 0.345 e. The predicted molar refractivity (Wildman–Crippen MR) is 196 cm³/mol. The van der Waals surface area contributed by atoms with Crippen molar-refractivity contribution in [3.63, 3.8) is 0 Å². The summed E-state index contributed by atoms with van der Waals surface area (Å²) in [6.45, 7) is 1.34. The number of nitrogens with zero attached hydrogens (tertiary/aromatic N) is 1. The molecule has 0 aromatic heterocycles. The molecule has 3 atom stereocenters. The third kappa shape index (κ3) is 8.26. The number of urea groups is 1. The summed E-state index contributed by atoms with van der Waals surface area (Å²) in [6, 6.07) is 21.8. The molecule has 0 bridgehead atoms. The highest BCUT2D eigenvalue weighted by Crippen LogP contribution is 2.56. The summed E-state index contributed by atoms with van der Waals surface area (Å²) in [7, 11) is 2.20. The van der Waals surface area contributed by atoms with E-state index in [1.165, 1.54) is 26.2 Å². The van der Waals surface area contributed by atoms with E-state index in [9.17, 15) is 18.4 Å². The first kappa shape index (κ1) is 37.2. The van der Waals surface area contributed by atoms with Crippen LogP contribution in [-0.2, 0) is 16.4 Å². The van der Waals surface area contributed by atoms with Gasteiger partial charge in [-0.05, 0) is 85.0 Å². The topological polar surface area (TPSA) is 133 Å². The first-order chi connectivity index (χ1) is 24.0. The van der Waals surface area contributed by atoms with E-state index in [4.69, 9.17) is 23.7 Å². The lowest BCUT2D eigenvalue weighted by Crippen LogP contribution is -2.32. The van der Waals surface area contributed by atoms with Crippen molar-refractivity contribution in [1.82, 2.24) is 5.06 Å². The maximum absolute atomic E-state index is 13.5. The Kier molecular flexibility index (Phi) is 12.1. The third-order valence-electron chi connectivity index (χ3n) is 8.26. The molecular weight excluding hydrogens is 748 g/mol. The Hall–Kier alpha value is -4.11. The van der Waals surface area contributed by atoms with Crippen molar-refractivity contribution in [3.05, 3.63) is 100 Å². The van der Waals surface area contributed by atoms with E-state index < -0.39 is 21.3 Å². The molecule has 1 saturated heterocycles. The van der Waals surface area contributed by atoms with Gasteiger partial charge in [0.15, 0.2) is 23.0 Å². The molecule has 5 rings (SSSR count). The number of carbonyl (C=O) groups excluding carboxylic acids is 1. The van der Waals surface area contributed by atoms with Crippen molar-refractivity contribution in [3.8, 4) is 28.7 Å². The molecule has 1 fully saturated rings. The molecule has 4 aromatic carbocycles. The average molecular weight is 788 g/mol. The fraction of sp³-hybridized carbons (Fsp3) is 0.306. The number of benzene rings is 4. The highest BCUT2D eigenvalue weighted by atomic mass is 79.9. The maximum atomic E-state index is 13.5. The second-order valence-electron chi connectivity index (χ2n) is 11.4. The zero-order valence-corrected chi connectivity index (χ0v) is 31.4. The molecule has 0 aliphatic carbocycles. The van der Waals surface area contributed by atoms with Crippen molar-refractivity contribution in [2.24, 2.45) is 0 Å². The van der Waals surface area contributed by atoms with Gasteiger partial charge in [0.25, 0.3) is 0 Å². The van der Waals surface area contributed by atoms with E-state index in [-0.39, 0.29) is 39.1 Å².